The molecule has 0 radical (unpaired) electrons. The second-order valence-electron chi connectivity index (χ2n) is 6.20. The van der Waals surface area contributed by atoms with Gasteiger partial charge in [0.05, 0.1) is 0 Å². The normalized spacial score (nSPS) is 29.4. The van der Waals surface area contributed by atoms with Gasteiger partial charge in [-0.15, -0.1) is 0 Å². The van der Waals surface area contributed by atoms with E-state index in [4.69, 9.17) is 0 Å². The Labute approximate surface area is 98.4 Å². The molecular weight excluding hydrogens is 198 g/mol. The van der Waals surface area contributed by atoms with Crippen LogP contribution in [-0.2, 0) is 4.79 Å². The van der Waals surface area contributed by atoms with Crippen LogP contribution in [0, 0.1) is 11.3 Å². The van der Waals surface area contributed by atoms with Gasteiger partial charge in [-0.3, -0.25) is 4.79 Å². The zero-order valence-electron chi connectivity index (χ0n) is 10.2. The van der Waals surface area contributed by atoms with Gasteiger partial charge in [0.2, 0.25) is 5.91 Å². The van der Waals surface area contributed by atoms with E-state index in [-0.39, 0.29) is 0 Å². The van der Waals surface area contributed by atoms with E-state index in [9.17, 15) is 4.79 Å². The van der Waals surface area contributed by atoms with Crippen molar-refractivity contribution >= 4 is 5.91 Å². The van der Waals surface area contributed by atoms with Crippen molar-refractivity contribution in [2.45, 2.75) is 57.8 Å². The van der Waals surface area contributed by atoms with Crippen molar-refractivity contribution in [2.24, 2.45) is 11.3 Å². The largest absolute Gasteiger partial charge is 0.342 e. The van der Waals surface area contributed by atoms with Gasteiger partial charge in [0.1, 0.15) is 0 Å². The summed E-state index contributed by atoms with van der Waals surface area (Å²) in [5.74, 6) is 0.892. The second-order valence-corrected chi connectivity index (χ2v) is 6.20. The van der Waals surface area contributed by atoms with Crippen molar-refractivity contribution in [1.82, 2.24) is 4.90 Å². The first kappa shape index (κ1) is 10.6. The van der Waals surface area contributed by atoms with Crippen LogP contribution in [0.3, 0.4) is 0 Å². The molecule has 0 bridgehead atoms. The monoisotopic (exact) mass is 221 g/mol. The van der Waals surface area contributed by atoms with E-state index in [1.807, 2.05) is 0 Å². The zero-order chi connectivity index (χ0) is 11.0. The summed E-state index contributed by atoms with van der Waals surface area (Å²) in [4.78, 5) is 14.3. The standard InChI is InChI=1S/C14H23NO/c16-13(12-5-6-12)15-10-4-9-14(11-15)7-2-1-3-8-14/h12H,1-11H2. The molecule has 90 valence electrons. The van der Waals surface area contributed by atoms with Crippen molar-refractivity contribution in [3.8, 4) is 0 Å². The van der Waals surface area contributed by atoms with Crippen LogP contribution in [0.15, 0.2) is 0 Å². The molecule has 0 aromatic rings. The number of hydrogen-bond acceptors (Lipinski definition) is 1. The van der Waals surface area contributed by atoms with Gasteiger partial charge in [0, 0.05) is 19.0 Å². The fourth-order valence-corrected chi connectivity index (χ4v) is 3.69. The Morgan fingerprint density at radius 1 is 1.00 bits per heavy atom. The van der Waals surface area contributed by atoms with Gasteiger partial charge in [-0.05, 0) is 43.9 Å². The third-order valence-electron chi connectivity index (χ3n) is 4.81. The van der Waals surface area contributed by atoms with Crippen LogP contribution < -0.4 is 0 Å². The molecule has 0 N–H and O–H groups in total. The summed E-state index contributed by atoms with van der Waals surface area (Å²) in [5, 5.41) is 0. The average molecular weight is 221 g/mol. The SMILES string of the molecule is O=C(C1CC1)N1CCCC2(CCCCC2)C1. The van der Waals surface area contributed by atoms with Crippen molar-refractivity contribution in [1.29, 1.82) is 0 Å². The Kier molecular flexibility index (Phi) is 2.68. The van der Waals surface area contributed by atoms with Crippen LogP contribution in [0.4, 0.5) is 0 Å². The maximum atomic E-state index is 12.1. The minimum absolute atomic E-state index is 0.416. The smallest absolute Gasteiger partial charge is 0.225 e. The molecule has 0 aromatic heterocycles. The Hall–Kier alpha value is -0.530. The van der Waals surface area contributed by atoms with Crippen LogP contribution >= 0.6 is 0 Å². The molecule has 0 unspecified atom stereocenters. The first-order valence-electron chi connectivity index (χ1n) is 7.08. The lowest BCUT2D eigenvalue weighted by Gasteiger charge is -2.45. The Morgan fingerprint density at radius 3 is 2.38 bits per heavy atom. The predicted molar refractivity (Wildman–Crippen MR) is 64.1 cm³/mol. The summed E-state index contributed by atoms with van der Waals surface area (Å²) in [6, 6.07) is 0. The number of carbonyl (C=O) groups is 1. The lowest BCUT2D eigenvalue weighted by Crippen LogP contribution is -2.47. The van der Waals surface area contributed by atoms with Gasteiger partial charge in [-0.2, -0.15) is 0 Å². The molecule has 16 heavy (non-hydrogen) atoms. The van der Waals surface area contributed by atoms with E-state index < -0.39 is 0 Å². The summed E-state index contributed by atoms with van der Waals surface area (Å²) >= 11 is 0. The number of amides is 1. The maximum absolute atomic E-state index is 12.1. The number of carbonyl (C=O) groups excluding carboxylic acids is 1. The van der Waals surface area contributed by atoms with E-state index in [1.54, 1.807) is 0 Å². The number of rotatable bonds is 1. The summed E-state index contributed by atoms with van der Waals surface area (Å²) in [5.41, 5.74) is 0.529. The molecule has 0 aromatic carbocycles. The fraction of sp³-hybridized carbons (Fsp3) is 0.929. The van der Waals surface area contributed by atoms with E-state index in [1.165, 1.54) is 44.9 Å². The highest BCUT2D eigenvalue weighted by Crippen LogP contribution is 2.44. The number of nitrogens with zero attached hydrogens (tertiary/aromatic N) is 1. The van der Waals surface area contributed by atoms with E-state index >= 15 is 0 Å². The predicted octanol–water partition coefficient (Wildman–Crippen LogP) is 2.97. The zero-order valence-corrected chi connectivity index (χ0v) is 10.2. The summed E-state index contributed by atoms with van der Waals surface area (Å²) in [6.07, 6.45) is 11.9. The van der Waals surface area contributed by atoms with Crippen molar-refractivity contribution < 1.29 is 4.79 Å². The topological polar surface area (TPSA) is 20.3 Å². The molecule has 1 aliphatic heterocycles. The van der Waals surface area contributed by atoms with Gasteiger partial charge < -0.3 is 4.90 Å². The summed E-state index contributed by atoms with van der Waals surface area (Å²) in [6.45, 7) is 2.12. The molecule has 2 aliphatic carbocycles. The van der Waals surface area contributed by atoms with Crippen molar-refractivity contribution in [3.63, 3.8) is 0 Å². The van der Waals surface area contributed by atoms with Crippen LogP contribution in [0.25, 0.3) is 0 Å². The van der Waals surface area contributed by atoms with E-state index in [0.717, 1.165) is 25.9 Å². The highest BCUT2D eigenvalue weighted by molar-refractivity contribution is 5.81. The van der Waals surface area contributed by atoms with Gasteiger partial charge in [-0.25, -0.2) is 0 Å². The number of hydrogen-bond donors (Lipinski definition) is 0. The molecule has 3 fully saturated rings. The van der Waals surface area contributed by atoms with Gasteiger partial charge in [0.15, 0.2) is 0 Å². The summed E-state index contributed by atoms with van der Waals surface area (Å²) < 4.78 is 0. The van der Waals surface area contributed by atoms with Gasteiger partial charge in [0.25, 0.3) is 0 Å². The Bertz CT molecular complexity index is 271. The first-order chi connectivity index (χ1) is 7.79. The molecule has 2 heteroatoms. The molecule has 2 nitrogen and oxygen atoms in total. The van der Waals surface area contributed by atoms with Crippen LogP contribution in [0.2, 0.25) is 0 Å². The Morgan fingerprint density at radius 2 is 1.69 bits per heavy atom. The molecular formula is C14H23NO. The first-order valence-corrected chi connectivity index (χ1v) is 7.08. The second kappa shape index (κ2) is 4.05. The molecule has 2 saturated carbocycles. The molecule has 1 saturated heterocycles. The van der Waals surface area contributed by atoms with Crippen LogP contribution in [-0.4, -0.2) is 23.9 Å². The highest BCUT2D eigenvalue weighted by Gasteiger charge is 2.41. The van der Waals surface area contributed by atoms with Gasteiger partial charge >= 0.3 is 0 Å². The highest BCUT2D eigenvalue weighted by atomic mass is 16.2. The van der Waals surface area contributed by atoms with Crippen LogP contribution in [0.1, 0.15) is 57.8 Å². The average Bonchev–Trinajstić information content (AvgIpc) is 3.13. The molecule has 1 amide bonds. The van der Waals surface area contributed by atoms with E-state index in [2.05, 4.69) is 4.90 Å². The van der Waals surface area contributed by atoms with Crippen molar-refractivity contribution in [3.05, 3.63) is 0 Å². The lowest BCUT2D eigenvalue weighted by atomic mass is 9.69. The van der Waals surface area contributed by atoms with Crippen LogP contribution in [0.5, 0.6) is 0 Å². The maximum Gasteiger partial charge on any atom is 0.225 e. The van der Waals surface area contributed by atoms with Gasteiger partial charge in [-0.1, -0.05) is 19.3 Å². The molecule has 1 heterocycles. The molecule has 0 atom stereocenters. The fourth-order valence-electron chi connectivity index (χ4n) is 3.69. The molecule has 3 aliphatic rings. The third kappa shape index (κ3) is 1.99. The molecule has 3 rings (SSSR count). The Balaban J connectivity index is 1.66. The summed E-state index contributed by atoms with van der Waals surface area (Å²) in [7, 11) is 0. The van der Waals surface area contributed by atoms with Crippen molar-refractivity contribution in [2.75, 3.05) is 13.1 Å². The third-order valence-corrected chi connectivity index (χ3v) is 4.81. The lowest BCUT2D eigenvalue weighted by molar-refractivity contribution is -0.136. The quantitative estimate of drug-likeness (QED) is 0.666. The number of piperidine rings is 1. The minimum Gasteiger partial charge on any atom is -0.342 e. The molecule has 1 spiro atoms. The number of likely N-dealkylation sites (tertiary alicyclic amines) is 1. The van der Waals surface area contributed by atoms with E-state index in [0.29, 0.717) is 17.2 Å². The minimum atomic E-state index is 0.416.